The second-order valence-corrected chi connectivity index (χ2v) is 6.22. The predicted molar refractivity (Wildman–Crippen MR) is 101 cm³/mol. The van der Waals surface area contributed by atoms with Crippen molar-refractivity contribution in [1.29, 1.82) is 0 Å². The van der Waals surface area contributed by atoms with E-state index in [-0.39, 0.29) is 5.56 Å². The van der Waals surface area contributed by atoms with Crippen LogP contribution in [-0.4, -0.2) is 15.0 Å². The van der Waals surface area contributed by atoms with E-state index < -0.39 is 0 Å². The number of benzene rings is 1. The number of nitrogens with one attached hydrogen (secondary N) is 1. The maximum Gasteiger partial charge on any atom is 0.249 e. The molecule has 4 aromatic rings. The lowest BCUT2D eigenvalue weighted by atomic mass is 9.98. The molecule has 0 bridgehead atoms. The average molecular weight is 348 g/mol. The number of hydrogen-bond acceptors (Lipinski definition) is 3. The number of aromatic nitrogens is 3. The molecule has 0 atom stereocenters. The van der Waals surface area contributed by atoms with Crippen LogP contribution in [0.3, 0.4) is 0 Å². The molecule has 3 aromatic heterocycles. The number of halogens is 1. The lowest BCUT2D eigenvalue weighted by Crippen LogP contribution is -2.04. The van der Waals surface area contributed by atoms with Crippen molar-refractivity contribution in [2.45, 2.75) is 6.92 Å². The highest BCUT2D eigenvalue weighted by Crippen LogP contribution is 2.33. The highest BCUT2D eigenvalue weighted by molar-refractivity contribution is 6.29. The summed E-state index contributed by atoms with van der Waals surface area (Å²) in [7, 11) is 0. The van der Waals surface area contributed by atoms with Crippen LogP contribution in [-0.2, 0) is 0 Å². The Balaban J connectivity index is 2.07. The first-order valence-electron chi connectivity index (χ1n) is 7.84. The number of nitrogens with zero attached hydrogens (tertiary/aromatic N) is 2. The summed E-state index contributed by atoms with van der Waals surface area (Å²) in [4.78, 5) is 23.4. The lowest BCUT2D eigenvalue weighted by Gasteiger charge is -2.12. The van der Waals surface area contributed by atoms with Crippen molar-refractivity contribution in [3.63, 3.8) is 0 Å². The molecule has 0 spiro atoms. The number of rotatable bonds is 2. The van der Waals surface area contributed by atoms with Crippen LogP contribution in [0.15, 0.2) is 65.5 Å². The third-order valence-corrected chi connectivity index (χ3v) is 4.18. The smallest absolute Gasteiger partial charge is 0.249 e. The minimum atomic E-state index is -0.172. The van der Waals surface area contributed by atoms with E-state index in [0.29, 0.717) is 10.8 Å². The van der Waals surface area contributed by atoms with E-state index >= 15 is 0 Å². The molecule has 122 valence electrons. The van der Waals surface area contributed by atoms with Gasteiger partial charge in [0.25, 0.3) is 0 Å². The molecule has 0 radical (unpaired) electrons. The molecule has 0 unspecified atom stereocenters. The SMILES string of the molecule is Cc1cc(-c2cc3ccc(=O)[nH]c3nc2-c2ccccc2)cc(Cl)n1. The summed E-state index contributed by atoms with van der Waals surface area (Å²) >= 11 is 6.16. The van der Waals surface area contributed by atoms with E-state index in [1.165, 1.54) is 6.07 Å². The molecule has 0 saturated heterocycles. The lowest BCUT2D eigenvalue weighted by molar-refractivity contribution is 1.20. The fourth-order valence-corrected chi connectivity index (χ4v) is 3.15. The molecule has 0 fully saturated rings. The van der Waals surface area contributed by atoms with Gasteiger partial charge in [-0.25, -0.2) is 9.97 Å². The third-order valence-electron chi connectivity index (χ3n) is 3.99. The van der Waals surface area contributed by atoms with Gasteiger partial charge in [-0.05, 0) is 36.8 Å². The first-order valence-corrected chi connectivity index (χ1v) is 8.22. The molecule has 0 amide bonds. The summed E-state index contributed by atoms with van der Waals surface area (Å²) in [6.45, 7) is 1.91. The van der Waals surface area contributed by atoms with Crippen molar-refractivity contribution < 1.29 is 0 Å². The minimum Gasteiger partial charge on any atom is -0.307 e. The van der Waals surface area contributed by atoms with E-state index in [0.717, 1.165) is 33.5 Å². The second-order valence-electron chi connectivity index (χ2n) is 5.83. The molecule has 4 nitrogen and oxygen atoms in total. The Morgan fingerprint density at radius 3 is 2.48 bits per heavy atom. The topological polar surface area (TPSA) is 58.6 Å². The van der Waals surface area contributed by atoms with Gasteiger partial charge in [0.2, 0.25) is 5.56 Å². The summed E-state index contributed by atoms with van der Waals surface area (Å²) in [6, 6.07) is 19.0. The number of aryl methyl sites for hydroxylation is 1. The molecule has 5 heteroatoms. The zero-order chi connectivity index (χ0) is 17.4. The monoisotopic (exact) mass is 347 g/mol. The Hall–Kier alpha value is -2.98. The first-order chi connectivity index (χ1) is 12.1. The second kappa shape index (κ2) is 6.15. The minimum absolute atomic E-state index is 0.172. The van der Waals surface area contributed by atoms with E-state index in [2.05, 4.69) is 9.97 Å². The fraction of sp³-hybridized carbons (Fsp3) is 0.0500. The molecule has 0 aliphatic rings. The van der Waals surface area contributed by atoms with E-state index in [4.69, 9.17) is 16.6 Å². The van der Waals surface area contributed by atoms with Gasteiger partial charge >= 0.3 is 0 Å². The van der Waals surface area contributed by atoms with Crippen molar-refractivity contribution in [3.8, 4) is 22.4 Å². The molecule has 1 aromatic carbocycles. The first kappa shape index (κ1) is 15.5. The van der Waals surface area contributed by atoms with Crippen LogP contribution in [0.4, 0.5) is 0 Å². The highest BCUT2D eigenvalue weighted by atomic mass is 35.5. The van der Waals surface area contributed by atoms with Crippen molar-refractivity contribution in [1.82, 2.24) is 15.0 Å². The molecule has 0 aliphatic carbocycles. The van der Waals surface area contributed by atoms with Crippen LogP contribution >= 0.6 is 11.6 Å². The fourth-order valence-electron chi connectivity index (χ4n) is 2.90. The average Bonchev–Trinajstić information content (AvgIpc) is 2.60. The summed E-state index contributed by atoms with van der Waals surface area (Å²) in [6.07, 6.45) is 0. The Morgan fingerprint density at radius 1 is 0.920 bits per heavy atom. The van der Waals surface area contributed by atoms with Crippen molar-refractivity contribution in [2.75, 3.05) is 0 Å². The summed E-state index contributed by atoms with van der Waals surface area (Å²) < 4.78 is 0. The van der Waals surface area contributed by atoms with Gasteiger partial charge in [0.15, 0.2) is 0 Å². The molecule has 0 saturated carbocycles. The van der Waals surface area contributed by atoms with E-state index in [1.807, 2.05) is 55.5 Å². The maximum atomic E-state index is 11.7. The summed E-state index contributed by atoms with van der Waals surface area (Å²) in [5.74, 6) is 0. The molecule has 3 heterocycles. The number of hydrogen-bond donors (Lipinski definition) is 1. The van der Waals surface area contributed by atoms with Crippen LogP contribution in [0.2, 0.25) is 5.15 Å². The highest BCUT2D eigenvalue weighted by Gasteiger charge is 2.13. The van der Waals surface area contributed by atoms with Gasteiger partial charge in [-0.2, -0.15) is 0 Å². The van der Waals surface area contributed by atoms with Gasteiger partial charge in [-0.3, -0.25) is 4.79 Å². The molecular formula is C20H14ClN3O. The molecule has 0 aliphatic heterocycles. The molecular weight excluding hydrogens is 334 g/mol. The van der Waals surface area contributed by atoms with Gasteiger partial charge in [0.1, 0.15) is 10.8 Å². The number of fused-ring (bicyclic) bond motifs is 1. The Labute approximate surface area is 149 Å². The van der Waals surface area contributed by atoms with Gasteiger partial charge in [0.05, 0.1) is 5.69 Å². The zero-order valence-corrected chi connectivity index (χ0v) is 14.2. The molecule has 25 heavy (non-hydrogen) atoms. The number of aromatic amines is 1. The van der Waals surface area contributed by atoms with Crippen molar-refractivity contribution in [2.24, 2.45) is 0 Å². The zero-order valence-electron chi connectivity index (χ0n) is 13.5. The van der Waals surface area contributed by atoms with Crippen LogP contribution in [0.5, 0.6) is 0 Å². The standard InChI is InChI=1S/C20H14ClN3O/c1-12-9-15(11-17(21)22-12)16-10-14-7-8-18(25)23-20(14)24-19(16)13-5-3-2-4-6-13/h2-11H,1H3,(H,23,24,25). The Bertz CT molecular complexity index is 1120. The largest absolute Gasteiger partial charge is 0.307 e. The van der Waals surface area contributed by atoms with Gasteiger partial charge in [-0.15, -0.1) is 0 Å². The van der Waals surface area contributed by atoms with E-state index in [9.17, 15) is 4.79 Å². The van der Waals surface area contributed by atoms with Crippen LogP contribution in [0.25, 0.3) is 33.4 Å². The van der Waals surface area contributed by atoms with Crippen LogP contribution in [0, 0.1) is 6.92 Å². The summed E-state index contributed by atoms with van der Waals surface area (Å²) in [5.41, 5.74) is 4.87. The van der Waals surface area contributed by atoms with Crippen molar-refractivity contribution >= 4 is 22.6 Å². The maximum absolute atomic E-state index is 11.7. The molecule has 4 rings (SSSR count). The van der Waals surface area contributed by atoms with Crippen LogP contribution < -0.4 is 5.56 Å². The normalized spacial score (nSPS) is 11.0. The third kappa shape index (κ3) is 3.04. The van der Waals surface area contributed by atoms with Gasteiger partial charge < -0.3 is 4.98 Å². The van der Waals surface area contributed by atoms with Crippen molar-refractivity contribution in [3.05, 3.63) is 81.9 Å². The van der Waals surface area contributed by atoms with Gasteiger partial charge in [0, 0.05) is 28.3 Å². The molecule has 1 N–H and O–H groups in total. The van der Waals surface area contributed by atoms with Crippen LogP contribution in [0.1, 0.15) is 5.69 Å². The van der Waals surface area contributed by atoms with E-state index in [1.54, 1.807) is 6.07 Å². The van der Waals surface area contributed by atoms with Gasteiger partial charge in [-0.1, -0.05) is 41.9 Å². The Morgan fingerprint density at radius 2 is 1.72 bits per heavy atom. The number of H-pyrrole nitrogens is 1. The predicted octanol–water partition coefficient (Wildman–Crippen LogP) is 4.61. The number of pyridine rings is 3. The quantitative estimate of drug-likeness (QED) is 0.538. The Kier molecular flexibility index (Phi) is 3.82. The summed E-state index contributed by atoms with van der Waals surface area (Å²) in [5, 5.41) is 1.30.